The first-order valence-electron chi connectivity index (χ1n) is 12.5. The fourth-order valence-corrected chi connectivity index (χ4v) is 5.36. The van der Waals surface area contributed by atoms with E-state index in [1.165, 1.54) is 6.07 Å². The highest BCUT2D eigenvalue weighted by Gasteiger charge is 2.24. The van der Waals surface area contributed by atoms with E-state index < -0.39 is 22.1 Å². The predicted octanol–water partition coefficient (Wildman–Crippen LogP) is 5.82. The summed E-state index contributed by atoms with van der Waals surface area (Å²) in [5.41, 5.74) is 2.49. The molecule has 38 heavy (non-hydrogen) atoms. The molecule has 1 heterocycles. The molecule has 0 aliphatic rings. The summed E-state index contributed by atoms with van der Waals surface area (Å²) in [5.74, 6) is 1.34. The molecule has 0 spiro atoms. The van der Waals surface area contributed by atoms with Crippen molar-refractivity contribution in [2.75, 3.05) is 0 Å². The van der Waals surface area contributed by atoms with E-state index in [1.54, 1.807) is 31.3 Å². The van der Waals surface area contributed by atoms with Gasteiger partial charge in [0, 0.05) is 20.9 Å². The maximum absolute atomic E-state index is 13.0. The number of benzene rings is 3. The number of carbonyl (C=O) groups is 1. The lowest BCUT2D eigenvalue weighted by Gasteiger charge is -2.21. The van der Waals surface area contributed by atoms with Crippen molar-refractivity contribution in [2.45, 2.75) is 50.7 Å². The van der Waals surface area contributed by atoms with Crippen LogP contribution in [-0.4, -0.2) is 30.1 Å². The van der Waals surface area contributed by atoms with Gasteiger partial charge in [-0.3, -0.25) is 0 Å². The van der Waals surface area contributed by atoms with Gasteiger partial charge in [-0.05, 0) is 75.1 Å². The van der Waals surface area contributed by atoms with Crippen molar-refractivity contribution in [2.24, 2.45) is 0 Å². The zero-order valence-corrected chi connectivity index (χ0v) is 22.5. The Morgan fingerprint density at radius 1 is 1.00 bits per heavy atom. The third-order valence-electron chi connectivity index (χ3n) is 5.95. The van der Waals surface area contributed by atoms with Crippen molar-refractivity contribution < 1.29 is 20.8 Å². The lowest BCUT2D eigenvalue weighted by atomic mass is 10.0. The van der Waals surface area contributed by atoms with Crippen LogP contribution in [0.4, 0.5) is 4.79 Å². The summed E-state index contributed by atoms with van der Waals surface area (Å²) < 4.78 is 35.6. The van der Waals surface area contributed by atoms with E-state index in [1.807, 2.05) is 79.2 Å². The van der Waals surface area contributed by atoms with Crippen LogP contribution in [0.2, 0.25) is 0 Å². The molecule has 0 aliphatic carbocycles. The zero-order chi connectivity index (χ0) is 27.1. The first kappa shape index (κ1) is 26.9. The number of aryl methyl sites for hydroxylation is 2. The fraction of sp³-hybridized carbons (Fsp3) is 0.241. The highest BCUT2D eigenvalue weighted by atomic mass is 32.2. The minimum absolute atomic E-state index is 0. The Balaban J connectivity index is 0.00000280. The van der Waals surface area contributed by atoms with E-state index in [9.17, 15) is 13.2 Å². The van der Waals surface area contributed by atoms with Crippen LogP contribution >= 0.6 is 0 Å². The summed E-state index contributed by atoms with van der Waals surface area (Å²) in [6.45, 7) is 5.62. The van der Waals surface area contributed by atoms with Gasteiger partial charge in [0.2, 0.25) is 0 Å². The summed E-state index contributed by atoms with van der Waals surface area (Å²) in [6, 6.07) is 22.6. The second-order valence-electron chi connectivity index (χ2n) is 9.24. The maximum Gasteiger partial charge on any atom is 0.329 e. The van der Waals surface area contributed by atoms with Crippen molar-refractivity contribution in [3.8, 4) is 11.4 Å². The van der Waals surface area contributed by atoms with Crippen molar-refractivity contribution in [1.29, 1.82) is 0 Å². The molecule has 0 saturated carbocycles. The van der Waals surface area contributed by atoms with E-state index in [0.717, 1.165) is 17.0 Å². The molecule has 0 unspecified atom stereocenters. The van der Waals surface area contributed by atoms with Gasteiger partial charge >= 0.3 is 6.03 Å². The molecule has 0 saturated heterocycles. The standard InChI is InChI=1S/C29H32N4O4S.2H2/c1-21(2)37-25-16-14-24(15-17-25)33-20-19-30-28(33)26(18-13-23-10-5-4-6-11-23)31-29(34)32-38(35,36)27-12-8-7-9-22(27)3;;/h4-12,14-17,19-21,26H,13,18H2,1-3H3,(H2,31,32,34);2*1H/t26-;;/m0../s1. The number of urea groups is 1. The zero-order valence-electron chi connectivity index (χ0n) is 21.7. The largest absolute Gasteiger partial charge is 0.491 e. The van der Waals surface area contributed by atoms with E-state index in [-0.39, 0.29) is 13.9 Å². The van der Waals surface area contributed by atoms with E-state index in [0.29, 0.717) is 24.2 Å². The van der Waals surface area contributed by atoms with Crippen molar-refractivity contribution in [3.05, 3.63) is 108 Å². The summed E-state index contributed by atoms with van der Waals surface area (Å²) in [7, 11) is -4.05. The molecule has 4 rings (SSSR count). The van der Waals surface area contributed by atoms with E-state index >= 15 is 0 Å². The Hall–Kier alpha value is -4.11. The quantitative estimate of drug-likeness (QED) is 0.266. The number of imidazole rings is 1. The normalized spacial score (nSPS) is 12.2. The van der Waals surface area contributed by atoms with Crippen molar-refractivity contribution in [3.63, 3.8) is 0 Å². The fourth-order valence-electron chi connectivity index (χ4n) is 4.19. The smallest absolute Gasteiger partial charge is 0.329 e. The molecule has 0 radical (unpaired) electrons. The average molecular weight is 537 g/mol. The number of ether oxygens (including phenoxy) is 1. The molecule has 2 amide bonds. The Morgan fingerprint density at radius 3 is 2.37 bits per heavy atom. The lowest BCUT2D eigenvalue weighted by Crippen LogP contribution is -2.42. The molecule has 3 aromatic carbocycles. The van der Waals surface area contributed by atoms with Gasteiger partial charge in [-0.15, -0.1) is 0 Å². The topological polar surface area (TPSA) is 102 Å². The molecule has 0 bridgehead atoms. The minimum Gasteiger partial charge on any atom is -0.491 e. The summed E-state index contributed by atoms with van der Waals surface area (Å²) >= 11 is 0. The lowest BCUT2D eigenvalue weighted by molar-refractivity contribution is 0.240. The summed E-state index contributed by atoms with van der Waals surface area (Å²) in [6.07, 6.45) is 4.70. The van der Waals surface area contributed by atoms with Crippen molar-refractivity contribution >= 4 is 16.1 Å². The van der Waals surface area contributed by atoms with Crippen LogP contribution < -0.4 is 14.8 Å². The molecule has 8 nitrogen and oxygen atoms in total. The molecule has 0 fully saturated rings. The third kappa shape index (κ3) is 6.80. The molecular formula is C29H36N4O4S. The number of rotatable bonds is 10. The number of aromatic nitrogens is 2. The second-order valence-corrected chi connectivity index (χ2v) is 10.9. The molecule has 202 valence electrons. The summed E-state index contributed by atoms with van der Waals surface area (Å²) in [5, 5.41) is 2.85. The Kier molecular flexibility index (Phi) is 8.48. The highest BCUT2D eigenvalue weighted by Crippen LogP contribution is 2.24. The van der Waals surface area contributed by atoms with Gasteiger partial charge in [0.15, 0.2) is 0 Å². The molecule has 4 aromatic rings. The number of hydrogen-bond acceptors (Lipinski definition) is 5. The van der Waals surface area contributed by atoms with E-state index in [2.05, 4.69) is 15.0 Å². The molecule has 0 aliphatic heterocycles. The van der Waals surface area contributed by atoms with Crippen LogP contribution in [0.3, 0.4) is 0 Å². The number of nitrogens with zero attached hydrogens (tertiary/aromatic N) is 2. The Labute approximate surface area is 226 Å². The maximum atomic E-state index is 13.0. The predicted molar refractivity (Wildman–Crippen MR) is 151 cm³/mol. The van der Waals surface area contributed by atoms with Crippen LogP contribution in [0, 0.1) is 6.92 Å². The molecule has 1 aromatic heterocycles. The Bertz CT molecular complexity index is 1480. The molecule has 9 heteroatoms. The number of carbonyl (C=O) groups excluding carboxylic acids is 1. The molecular weight excluding hydrogens is 500 g/mol. The van der Waals surface area contributed by atoms with Crippen LogP contribution in [0.25, 0.3) is 5.69 Å². The average Bonchev–Trinajstić information content (AvgIpc) is 3.37. The minimum atomic E-state index is -4.05. The van der Waals surface area contributed by atoms with Crippen molar-refractivity contribution in [1.82, 2.24) is 19.6 Å². The van der Waals surface area contributed by atoms with Crippen LogP contribution in [0.1, 0.15) is 46.1 Å². The first-order chi connectivity index (χ1) is 18.2. The Morgan fingerprint density at radius 2 is 1.68 bits per heavy atom. The molecule has 1 atom stereocenters. The number of sulfonamides is 1. The first-order valence-corrected chi connectivity index (χ1v) is 13.9. The van der Waals surface area contributed by atoms with Gasteiger partial charge in [0.25, 0.3) is 10.0 Å². The van der Waals surface area contributed by atoms with Gasteiger partial charge in [-0.2, -0.15) is 0 Å². The van der Waals surface area contributed by atoms with Crippen LogP contribution in [0.5, 0.6) is 5.75 Å². The van der Waals surface area contributed by atoms with Gasteiger partial charge in [-0.1, -0.05) is 48.5 Å². The van der Waals surface area contributed by atoms with Gasteiger partial charge in [0.05, 0.1) is 17.0 Å². The molecule has 2 N–H and O–H groups in total. The number of amides is 2. The van der Waals surface area contributed by atoms with Gasteiger partial charge < -0.3 is 14.6 Å². The van der Waals surface area contributed by atoms with Crippen LogP contribution in [0.15, 0.2) is 96.2 Å². The van der Waals surface area contributed by atoms with Crippen LogP contribution in [-0.2, 0) is 16.4 Å². The monoisotopic (exact) mass is 536 g/mol. The number of nitrogens with one attached hydrogen (secondary N) is 2. The second kappa shape index (κ2) is 12.0. The number of hydrogen-bond donors (Lipinski definition) is 2. The van der Waals surface area contributed by atoms with Gasteiger partial charge in [0.1, 0.15) is 11.6 Å². The highest BCUT2D eigenvalue weighted by molar-refractivity contribution is 7.90. The van der Waals surface area contributed by atoms with Gasteiger partial charge in [-0.25, -0.2) is 22.9 Å². The van der Waals surface area contributed by atoms with E-state index in [4.69, 9.17) is 4.74 Å². The SMILES string of the molecule is Cc1ccccc1S(=O)(=O)NC(=O)N[C@@H](CCc1ccccc1)c1nccn1-c1ccc(OC(C)C)cc1.[HH].[HH]. The summed E-state index contributed by atoms with van der Waals surface area (Å²) in [4.78, 5) is 17.6. The third-order valence-corrected chi connectivity index (χ3v) is 7.44.